The minimum Gasteiger partial charge on any atom is -0.326 e. The summed E-state index contributed by atoms with van der Waals surface area (Å²) in [6.07, 6.45) is 0.787. The highest BCUT2D eigenvalue weighted by atomic mass is 32.2. The highest BCUT2D eigenvalue weighted by Crippen LogP contribution is 2.19. The van der Waals surface area contributed by atoms with Gasteiger partial charge in [0.15, 0.2) is 0 Å². The van der Waals surface area contributed by atoms with Gasteiger partial charge in [0.25, 0.3) is 0 Å². The van der Waals surface area contributed by atoms with Gasteiger partial charge in [-0.15, -0.1) is 23.6 Å². The molecule has 0 bridgehead atoms. The lowest BCUT2D eigenvalue weighted by atomic mass is 10.2. The molecule has 0 aliphatic heterocycles. The fraction of sp³-hybridized carbons (Fsp3) is 0.385. The van der Waals surface area contributed by atoms with Crippen LogP contribution in [0.25, 0.3) is 0 Å². The molecule has 0 aliphatic rings. The third-order valence-corrected chi connectivity index (χ3v) is 3.18. The predicted octanol–water partition coefficient (Wildman–Crippen LogP) is 2.83. The SMILES string of the molecule is CC#CCC(N)CSc1cccc(C)c1. The van der Waals surface area contributed by atoms with Crippen molar-refractivity contribution in [1.29, 1.82) is 0 Å². The van der Waals surface area contributed by atoms with Crippen LogP contribution in [-0.4, -0.2) is 11.8 Å². The van der Waals surface area contributed by atoms with E-state index in [0.29, 0.717) is 0 Å². The Morgan fingerprint density at radius 3 is 2.93 bits per heavy atom. The van der Waals surface area contributed by atoms with Gasteiger partial charge in [-0.2, -0.15) is 0 Å². The van der Waals surface area contributed by atoms with Crippen LogP contribution in [0.3, 0.4) is 0 Å². The lowest BCUT2D eigenvalue weighted by Gasteiger charge is -2.07. The van der Waals surface area contributed by atoms with Crippen molar-refractivity contribution >= 4 is 11.8 Å². The summed E-state index contributed by atoms with van der Waals surface area (Å²) in [6.45, 7) is 3.95. The number of aryl methyl sites for hydroxylation is 1. The molecule has 1 aromatic rings. The van der Waals surface area contributed by atoms with Crippen LogP contribution >= 0.6 is 11.8 Å². The Bertz CT molecular complexity index is 362. The van der Waals surface area contributed by atoms with E-state index in [1.165, 1.54) is 10.5 Å². The van der Waals surface area contributed by atoms with Gasteiger partial charge in [-0.05, 0) is 26.0 Å². The number of hydrogen-bond donors (Lipinski definition) is 1. The van der Waals surface area contributed by atoms with Gasteiger partial charge in [0.05, 0.1) is 0 Å². The summed E-state index contributed by atoms with van der Waals surface area (Å²) < 4.78 is 0. The molecule has 0 amide bonds. The Morgan fingerprint density at radius 1 is 1.47 bits per heavy atom. The second-order valence-electron chi connectivity index (χ2n) is 3.52. The molecule has 1 atom stereocenters. The number of hydrogen-bond acceptors (Lipinski definition) is 2. The first kappa shape index (κ1) is 12.2. The Morgan fingerprint density at radius 2 is 2.27 bits per heavy atom. The average Bonchev–Trinajstić information content (AvgIpc) is 2.23. The molecule has 0 aliphatic carbocycles. The smallest absolute Gasteiger partial charge is 0.0249 e. The minimum absolute atomic E-state index is 0.169. The molecule has 1 aromatic carbocycles. The molecule has 80 valence electrons. The number of benzene rings is 1. The summed E-state index contributed by atoms with van der Waals surface area (Å²) >= 11 is 1.80. The van der Waals surface area contributed by atoms with E-state index in [9.17, 15) is 0 Å². The van der Waals surface area contributed by atoms with Crippen LogP contribution in [0, 0.1) is 18.8 Å². The normalized spacial score (nSPS) is 11.7. The maximum atomic E-state index is 5.92. The van der Waals surface area contributed by atoms with E-state index in [4.69, 9.17) is 5.73 Å². The lowest BCUT2D eigenvalue weighted by molar-refractivity contribution is 0.782. The Balaban J connectivity index is 2.38. The molecule has 0 fully saturated rings. The summed E-state index contributed by atoms with van der Waals surface area (Å²) in [4.78, 5) is 1.29. The van der Waals surface area contributed by atoms with Gasteiger partial charge in [-0.1, -0.05) is 17.7 Å². The van der Waals surface area contributed by atoms with E-state index < -0.39 is 0 Å². The van der Waals surface area contributed by atoms with Gasteiger partial charge in [-0.25, -0.2) is 0 Å². The monoisotopic (exact) mass is 219 g/mol. The van der Waals surface area contributed by atoms with Crippen LogP contribution < -0.4 is 5.73 Å². The highest BCUT2D eigenvalue weighted by molar-refractivity contribution is 7.99. The molecular weight excluding hydrogens is 202 g/mol. The molecule has 1 unspecified atom stereocenters. The zero-order valence-electron chi connectivity index (χ0n) is 9.29. The summed E-state index contributed by atoms with van der Waals surface area (Å²) in [5.41, 5.74) is 7.22. The van der Waals surface area contributed by atoms with Crippen molar-refractivity contribution < 1.29 is 0 Å². The third kappa shape index (κ3) is 4.92. The van der Waals surface area contributed by atoms with Crippen LogP contribution in [0.2, 0.25) is 0 Å². The van der Waals surface area contributed by atoms with Crippen LogP contribution in [0.4, 0.5) is 0 Å². The minimum atomic E-state index is 0.169. The van der Waals surface area contributed by atoms with Gasteiger partial charge >= 0.3 is 0 Å². The summed E-state index contributed by atoms with van der Waals surface area (Å²) in [6, 6.07) is 8.66. The molecule has 1 nitrogen and oxygen atoms in total. The Labute approximate surface area is 96.4 Å². The van der Waals surface area contributed by atoms with E-state index in [1.807, 2.05) is 6.92 Å². The zero-order valence-corrected chi connectivity index (χ0v) is 10.1. The molecule has 15 heavy (non-hydrogen) atoms. The summed E-state index contributed by atoms with van der Waals surface area (Å²) in [5, 5.41) is 0. The molecule has 0 spiro atoms. The van der Waals surface area contributed by atoms with Crippen molar-refractivity contribution in [3.8, 4) is 11.8 Å². The Hall–Kier alpha value is -0.910. The van der Waals surface area contributed by atoms with Crippen molar-refractivity contribution in [2.24, 2.45) is 5.73 Å². The van der Waals surface area contributed by atoms with Gasteiger partial charge in [0.2, 0.25) is 0 Å². The second kappa shape index (κ2) is 6.55. The number of nitrogens with two attached hydrogens (primary N) is 1. The predicted molar refractivity (Wildman–Crippen MR) is 67.9 cm³/mol. The van der Waals surface area contributed by atoms with Crippen molar-refractivity contribution in [3.05, 3.63) is 29.8 Å². The first-order valence-electron chi connectivity index (χ1n) is 5.07. The lowest BCUT2D eigenvalue weighted by Crippen LogP contribution is -2.21. The van der Waals surface area contributed by atoms with E-state index in [1.54, 1.807) is 11.8 Å². The number of rotatable bonds is 4. The van der Waals surface area contributed by atoms with Crippen molar-refractivity contribution in [2.45, 2.75) is 31.2 Å². The third-order valence-electron chi connectivity index (χ3n) is 1.99. The molecule has 0 heterocycles. The standard InChI is InChI=1S/C13H17NS/c1-3-4-7-12(14)10-15-13-8-5-6-11(2)9-13/h5-6,8-9,12H,7,10,14H2,1-2H3. The fourth-order valence-electron chi connectivity index (χ4n) is 1.20. The van der Waals surface area contributed by atoms with Crippen LogP contribution in [0.5, 0.6) is 0 Å². The van der Waals surface area contributed by atoms with Crippen LogP contribution in [-0.2, 0) is 0 Å². The topological polar surface area (TPSA) is 26.0 Å². The zero-order chi connectivity index (χ0) is 11.1. The van der Waals surface area contributed by atoms with Crippen molar-refractivity contribution in [2.75, 3.05) is 5.75 Å². The van der Waals surface area contributed by atoms with E-state index >= 15 is 0 Å². The van der Waals surface area contributed by atoms with Gasteiger partial charge in [-0.3, -0.25) is 0 Å². The molecule has 2 heteroatoms. The first-order chi connectivity index (χ1) is 7.22. The summed E-state index contributed by atoms with van der Waals surface area (Å²) in [5.74, 6) is 6.80. The van der Waals surface area contributed by atoms with Crippen LogP contribution in [0.15, 0.2) is 29.2 Å². The van der Waals surface area contributed by atoms with E-state index in [2.05, 4.69) is 43.0 Å². The number of thioether (sulfide) groups is 1. The molecule has 0 aromatic heterocycles. The van der Waals surface area contributed by atoms with E-state index in [0.717, 1.165) is 12.2 Å². The molecule has 0 saturated heterocycles. The highest BCUT2D eigenvalue weighted by Gasteiger charge is 2.01. The molecular formula is C13H17NS. The molecule has 0 saturated carbocycles. The van der Waals surface area contributed by atoms with Gasteiger partial charge < -0.3 is 5.73 Å². The quantitative estimate of drug-likeness (QED) is 0.622. The van der Waals surface area contributed by atoms with Gasteiger partial charge in [0, 0.05) is 23.1 Å². The van der Waals surface area contributed by atoms with E-state index in [-0.39, 0.29) is 6.04 Å². The average molecular weight is 219 g/mol. The summed E-state index contributed by atoms with van der Waals surface area (Å²) in [7, 11) is 0. The maximum absolute atomic E-state index is 5.92. The van der Waals surface area contributed by atoms with Crippen molar-refractivity contribution in [1.82, 2.24) is 0 Å². The second-order valence-corrected chi connectivity index (χ2v) is 4.61. The molecule has 1 rings (SSSR count). The first-order valence-corrected chi connectivity index (χ1v) is 6.05. The maximum Gasteiger partial charge on any atom is 0.0249 e. The fourth-order valence-corrected chi connectivity index (χ4v) is 2.17. The molecule has 0 radical (unpaired) electrons. The van der Waals surface area contributed by atoms with Gasteiger partial charge in [0.1, 0.15) is 0 Å². The van der Waals surface area contributed by atoms with Crippen LogP contribution in [0.1, 0.15) is 18.9 Å². The molecule has 2 N–H and O–H groups in total. The Kier molecular flexibility index (Phi) is 5.31. The largest absolute Gasteiger partial charge is 0.326 e. The van der Waals surface area contributed by atoms with Crippen molar-refractivity contribution in [3.63, 3.8) is 0 Å².